The number of hydrogen-bond donors (Lipinski definition) is 1. The molecule has 2 saturated heterocycles. The molecule has 34 heavy (non-hydrogen) atoms. The predicted molar refractivity (Wildman–Crippen MR) is 127 cm³/mol. The molecule has 0 bridgehead atoms. The summed E-state index contributed by atoms with van der Waals surface area (Å²) in [6.07, 6.45) is 15.1. The summed E-state index contributed by atoms with van der Waals surface area (Å²) in [4.78, 5) is 39.4. The van der Waals surface area contributed by atoms with Crippen molar-refractivity contribution < 1.29 is 4.79 Å². The standard InChI is InChI=1S/C26H29N7O/c34-24(22-28-11-12-29-22)33-16-25-8-1-2-9-26(25,17-33)15-32(14-25)23-19-6-3-7-20(19)30-21(31-23)18-5-4-10-27-13-18/h4-5,10-13H,1-3,6-9,14-17H2,(H,28,29). The van der Waals surface area contributed by atoms with E-state index < -0.39 is 0 Å². The van der Waals surface area contributed by atoms with Crippen LogP contribution in [0.15, 0.2) is 36.9 Å². The third kappa shape index (κ3) is 2.87. The first-order valence-corrected chi connectivity index (χ1v) is 12.5. The monoisotopic (exact) mass is 455 g/mol. The minimum atomic E-state index is 0.0355. The van der Waals surface area contributed by atoms with E-state index in [9.17, 15) is 4.79 Å². The van der Waals surface area contributed by atoms with Gasteiger partial charge in [0.05, 0.1) is 0 Å². The molecule has 1 N–H and O–H groups in total. The van der Waals surface area contributed by atoms with Gasteiger partial charge in [0.1, 0.15) is 5.82 Å². The number of carbonyl (C=O) groups is 1. The van der Waals surface area contributed by atoms with E-state index in [1.165, 1.54) is 36.9 Å². The van der Waals surface area contributed by atoms with Gasteiger partial charge in [0, 0.05) is 78.6 Å². The van der Waals surface area contributed by atoms with E-state index in [4.69, 9.17) is 9.97 Å². The first kappa shape index (κ1) is 20.1. The van der Waals surface area contributed by atoms with Crippen molar-refractivity contribution in [1.29, 1.82) is 0 Å². The molecule has 0 aromatic carbocycles. The fraction of sp³-hybridized carbons (Fsp3) is 0.500. The van der Waals surface area contributed by atoms with Gasteiger partial charge in [0.15, 0.2) is 11.6 Å². The van der Waals surface area contributed by atoms with Gasteiger partial charge in [-0.25, -0.2) is 15.0 Å². The van der Waals surface area contributed by atoms with Crippen LogP contribution in [0.5, 0.6) is 0 Å². The van der Waals surface area contributed by atoms with E-state index in [0.29, 0.717) is 5.82 Å². The highest BCUT2D eigenvalue weighted by molar-refractivity contribution is 5.91. The summed E-state index contributed by atoms with van der Waals surface area (Å²) in [7, 11) is 0. The fourth-order valence-electron chi connectivity index (χ4n) is 7.24. The van der Waals surface area contributed by atoms with Crippen molar-refractivity contribution >= 4 is 11.7 Å². The number of likely N-dealkylation sites (tertiary alicyclic amines) is 1. The number of aryl methyl sites for hydroxylation is 1. The minimum Gasteiger partial charge on any atom is -0.355 e. The van der Waals surface area contributed by atoms with Crippen molar-refractivity contribution in [2.24, 2.45) is 10.8 Å². The Balaban J connectivity index is 1.25. The summed E-state index contributed by atoms with van der Waals surface area (Å²) in [6, 6.07) is 3.99. The lowest BCUT2D eigenvalue weighted by atomic mass is 9.60. The van der Waals surface area contributed by atoms with Gasteiger partial charge in [-0.05, 0) is 44.2 Å². The predicted octanol–water partition coefficient (Wildman–Crippen LogP) is 3.27. The van der Waals surface area contributed by atoms with Crippen molar-refractivity contribution in [2.45, 2.75) is 44.9 Å². The van der Waals surface area contributed by atoms with Crippen LogP contribution >= 0.6 is 0 Å². The van der Waals surface area contributed by atoms with Crippen LogP contribution in [0.1, 0.15) is 54.0 Å². The van der Waals surface area contributed by atoms with E-state index >= 15 is 0 Å². The van der Waals surface area contributed by atoms with Crippen LogP contribution in [0.2, 0.25) is 0 Å². The van der Waals surface area contributed by atoms with Crippen molar-refractivity contribution in [2.75, 3.05) is 31.1 Å². The van der Waals surface area contributed by atoms with Crippen LogP contribution in [0.25, 0.3) is 11.4 Å². The molecule has 1 saturated carbocycles. The number of nitrogens with zero attached hydrogens (tertiary/aromatic N) is 6. The molecule has 174 valence electrons. The summed E-state index contributed by atoms with van der Waals surface area (Å²) >= 11 is 0. The maximum Gasteiger partial charge on any atom is 0.289 e. The third-order valence-corrected chi connectivity index (χ3v) is 8.78. The molecule has 0 radical (unpaired) electrons. The first-order chi connectivity index (χ1) is 16.7. The summed E-state index contributed by atoms with van der Waals surface area (Å²) in [5.74, 6) is 2.40. The molecule has 5 heterocycles. The lowest BCUT2D eigenvalue weighted by molar-refractivity contribution is 0.0758. The normalized spacial score (nSPS) is 27.5. The van der Waals surface area contributed by atoms with Gasteiger partial charge in [0.25, 0.3) is 5.91 Å². The van der Waals surface area contributed by atoms with Gasteiger partial charge in [-0.2, -0.15) is 0 Å². The summed E-state index contributed by atoms with van der Waals surface area (Å²) in [6.45, 7) is 3.55. The van der Waals surface area contributed by atoms with Crippen LogP contribution in [0.4, 0.5) is 5.82 Å². The van der Waals surface area contributed by atoms with Gasteiger partial charge >= 0.3 is 0 Å². The van der Waals surface area contributed by atoms with Gasteiger partial charge in [0.2, 0.25) is 0 Å². The topological polar surface area (TPSA) is 90.9 Å². The Bertz CT molecular complexity index is 1220. The Morgan fingerprint density at radius 3 is 2.50 bits per heavy atom. The average molecular weight is 456 g/mol. The highest BCUT2D eigenvalue weighted by Gasteiger charge is 2.64. The smallest absolute Gasteiger partial charge is 0.289 e. The second kappa shape index (κ2) is 7.35. The molecule has 2 aliphatic heterocycles. The van der Waals surface area contributed by atoms with Gasteiger partial charge < -0.3 is 14.8 Å². The number of H-pyrrole nitrogens is 1. The van der Waals surface area contributed by atoms with Gasteiger partial charge in [-0.3, -0.25) is 9.78 Å². The second-order valence-electron chi connectivity index (χ2n) is 10.6. The number of aromatic nitrogens is 5. The Kier molecular flexibility index (Phi) is 4.35. The zero-order valence-electron chi connectivity index (χ0n) is 19.3. The number of anilines is 1. The molecule has 7 rings (SSSR count). The summed E-state index contributed by atoms with van der Waals surface area (Å²) in [5.41, 5.74) is 3.76. The summed E-state index contributed by atoms with van der Waals surface area (Å²) < 4.78 is 0. The number of imidazole rings is 1. The van der Waals surface area contributed by atoms with E-state index in [1.807, 2.05) is 18.3 Å². The number of hydrogen-bond acceptors (Lipinski definition) is 6. The van der Waals surface area contributed by atoms with Crippen LogP contribution in [0.3, 0.4) is 0 Å². The van der Waals surface area contributed by atoms with Crippen LogP contribution in [-0.4, -0.2) is 61.9 Å². The van der Waals surface area contributed by atoms with Crippen LogP contribution in [-0.2, 0) is 12.8 Å². The maximum absolute atomic E-state index is 13.2. The Morgan fingerprint density at radius 1 is 0.971 bits per heavy atom. The second-order valence-corrected chi connectivity index (χ2v) is 10.6. The number of nitrogens with one attached hydrogen (secondary N) is 1. The number of fused-ring (bicyclic) bond motifs is 1. The highest BCUT2D eigenvalue weighted by Crippen LogP contribution is 2.60. The molecule has 3 aromatic heterocycles. The lowest BCUT2D eigenvalue weighted by Crippen LogP contribution is -2.42. The van der Waals surface area contributed by atoms with E-state index in [1.54, 1.807) is 18.6 Å². The number of amides is 1. The largest absolute Gasteiger partial charge is 0.355 e. The fourth-order valence-corrected chi connectivity index (χ4v) is 7.24. The third-order valence-electron chi connectivity index (χ3n) is 8.78. The van der Waals surface area contributed by atoms with Gasteiger partial charge in [-0.15, -0.1) is 0 Å². The molecule has 3 fully saturated rings. The van der Waals surface area contributed by atoms with E-state index in [2.05, 4.69) is 24.8 Å². The minimum absolute atomic E-state index is 0.0355. The molecule has 0 spiro atoms. The first-order valence-electron chi connectivity index (χ1n) is 12.5. The number of pyridine rings is 1. The van der Waals surface area contributed by atoms with Crippen LogP contribution < -0.4 is 4.90 Å². The molecule has 1 amide bonds. The number of carbonyl (C=O) groups excluding carboxylic acids is 1. The summed E-state index contributed by atoms with van der Waals surface area (Å²) in [5, 5.41) is 0. The van der Waals surface area contributed by atoms with Crippen molar-refractivity contribution in [3.05, 3.63) is 54.0 Å². The Labute approximate surface area is 198 Å². The molecular formula is C26H29N7O. The van der Waals surface area contributed by atoms with Crippen molar-refractivity contribution in [3.63, 3.8) is 0 Å². The van der Waals surface area contributed by atoms with Crippen molar-refractivity contribution in [3.8, 4) is 11.4 Å². The molecule has 3 aromatic rings. The van der Waals surface area contributed by atoms with E-state index in [0.717, 1.165) is 62.6 Å². The van der Waals surface area contributed by atoms with Crippen molar-refractivity contribution in [1.82, 2.24) is 29.8 Å². The quantitative estimate of drug-likeness (QED) is 0.652. The maximum atomic E-state index is 13.2. The molecular weight excluding hydrogens is 426 g/mol. The number of rotatable bonds is 3. The SMILES string of the molecule is O=C(c1ncc[nH]1)N1CC23CCCCC2(C1)CN(c1nc(-c2cccnc2)nc2c1CCC2)C3. The van der Waals surface area contributed by atoms with Crippen LogP contribution in [0, 0.1) is 10.8 Å². The molecule has 2 atom stereocenters. The lowest BCUT2D eigenvalue weighted by Gasteiger charge is -2.41. The van der Waals surface area contributed by atoms with E-state index in [-0.39, 0.29) is 16.7 Å². The van der Waals surface area contributed by atoms with Gasteiger partial charge in [-0.1, -0.05) is 12.8 Å². The molecule has 4 aliphatic rings. The number of aromatic amines is 1. The molecule has 8 nitrogen and oxygen atoms in total. The zero-order valence-corrected chi connectivity index (χ0v) is 19.3. The Hall–Kier alpha value is -3.29. The highest BCUT2D eigenvalue weighted by atomic mass is 16.2. The average Bonchev–Trinajstić information content (AvgIpc) is 3.65. The Morgan fingerprint density at radius 2 is 1.79 bits per heavy atom. The molecule has 2 unspecified atom stereocenters. The zero-order chi connectivity index (χ0) is 22.8. The molecule has 2 aliphatic carbocycles. The molecule has 8 heteroatoms.